The average Bonchev–Trinajstić information content (AvgIpc) is 2.87. The predicted molar refractivity (Wildman–Crippen MR) is 125 cm³/mol. The molecule has 1 amide bonds. The fourth-order valence-corrected chi connectivity index (χ4v) is 4.11. The van der Waals surface area contributed by atoms with E-state index in [0.717, 1.165) is 23.1 Å². The quantitative estimate of drug-likeness (QED) is 0.546. The Bertz CT molecular complexity index is 1130. The summed E-state index contributed by atoms with van der Waals surface area (Å²) in [6.07, 6.45) is -3.27. The zero-order valence-corrected chi connectivity index (χ0v) is 18.8. The molecule has 1 saturated heterocycles. The second-order valence-electron chi connectivity index (χ2n) is 8.19. The van der Waals surface area contributed by atoms with Crippen molar-refractivity contribution in [2.75, 3.05) is 30.4 Å². The number of hydrogen-bond donors (Lipinski definition) is 2. The van der Waals surface area contributed by atoms with Gasteiger partial charge in [0.15, 0.2) is 0 Å². The molecule has 34 heavy (non-hydrogen) atoms. The van der Waals surface area contributed by atoms with E-state index in [2.05, 4.69) is 25.5 Å². The number of piperidine rings is 1. The van der Waals surface area contributed by atoms with Crippen LogP contribution in [0.15, 0.2) is 60.7 Å². The number of alkyl halides is 3. The van der Waals surface area contributed by atoms with Crippen LogP contribution >= 0.6 is 0 Å². The Morgan fingerprint density at radius 2 is 1.71 bits per heavy atom. The van der Waals surface area contributed by atoms with E-state index in [1.165, 1.54) is 12.1 Å². The first-order chi connectivity index (χ1) is 16.3. The van der Waals surface area contributed by atoms with Gasteiger partial charge < -0.3 is 15.5 Å². The molecule has 0 aliphatic carbocycles. The van der Waals surface area contributed by atoms with Gasteiger partial charge in [-0.15, -0.1) is 0 Å². The van der Waals surface area contributed by atoms with Crippen molar-refractivity contribution in [1.82, 2.24) is 15.3 Å². The Kier molecular flexibility index (Phi) is 7.00. The van der Waals surface area contributed by atoms with Gasteiger partial charge in [-0.05, 0) is 24.5 Å². The van der Waals surface area contributed by atoms with Gasteiger partial charge in [0, 0.05) is 44.2 Å². The molecule has 0 radical (unpaired) electrons. The van der Waals surface area contributed by atoms with Crippen LogP contribution < -0.4 is 15.5 Å². The van der Waals surface area contributed by atoms with E-state index in [4.69, 9.17) is 0 Å². The highest BCUT2D eigenvalue weighted by Crippen LogP contribution is 2.32. The maximum atomic E-state index is 13.2. The highest BCUT2D eigenvalue weighted by Gasteiger charge is 2.33. The number of aromatic nitrogens is 2. The molecule has 0 unspecified atom stereocenters. The van der Waals surface area contributed by atoms with Crippen molar-refractivity contribution < 1.29 is 18.0 Å². The molecule has 0 bridgehead atoms. The third kappa shape index (κ3) is 5.47. The molecule has 2 aromatic carbocycles. The van der Waals surface area contributed by atoms with Crippen LogP contribution in [-0.2, 0) is 17.5 Å². The summed E-state index contributed by atoms with van der Waals surface area (Å²) in [4.78, 5) is 23.9. The van der Waals surface area contributed by atoms with Gasteiger partial charge >= 0.3 is 6.18 Å². The van der Waals surface area contributed by atoms with E-state index in [1.54, 1.807) is 13.1 Å². The zero-order chi connectivity index (χ0) is 24.1. The average molecular weight is 470 g/mol. The summed E-state index contributed by atoms with van der Waals surface area (Å²) in [5.74, 6) is 0.810. The monoisotopic (exact) mass is 469 g/mol. The summed E-state index contributed by atoms with van der Waals surface area (Å²) >= 11 is 0. The summed E-state index contributed by atoms with van der Waals surface area (Å²) < 4.78 is 39.6. The largest absolute Gasteiger partial charge is 0.416 e. The number of hydrogen-bond acceptors (Lipinski definition) is 5. The second-order valence-corrected chi connectivity index (χ2v) is 8.19. The van der Waals surface area contributed by atoms with E-state index < -0.39 is 11.7 Å². The molecule has 6 nitrogen and oxygen atoms in total. The van der Waals surface area contributed by atoms with E-state index in [1.807, 2.05) is 36.4 Å². The normalized spacial score (nSPS) is 14.6. The third-order valence-corrected chi connectivity index (χ3v) is 5.97. The van der Waals surface area contributed by atoms with E-state index in [9.17, 15) is 18.0 Å². The smallest absolute Gasteiger partial charge is 0.357 e. The molecule has 3 aromatic rings. The van der Waals surface area contributed by atoms with Crippen LogP contribution in [0.4, 0.5) is 24.9 Å². The number of benzene rings is 2. The van der Waals surface area contributed by atoms with Gasteiger partial charge in [-0.25, -0.2) is 4.98 Å². The number of rotatable bonds is 6. The molecule has 4 rings (SSSR count). The maximum Gasteiger partial charge on any atom is 0.416 e. The van der Waals surface area contributed by atoms with Crippen LogP contribution in [-0.4, -0.2) is 36.0 Å². The van der Waals surface area contributed by atoms with Gasteiger partial charge in [-0.1, -0.05) is 48.5 Å². The molecule has 1 fully saturated rings. The molecule has 2 N–H and O–H groups in total. The van der Waals surface area contributed by atoms with Crippen molar-refractivity contribution in [2.45, 2.75) is 25.6 Å². The fourth-order valence-electron chi connectivity index (χ4n) is 4.11. The Morgan fingerprint density at radius 3 is 2.38 bits per heavy atom. The summed E-state index contributed by atoms with van der Waals surface area (Å²) in [5.41, 5.74) is 1.13. The lowest BCUT2D eigenvalue weighted by Gasteiger charge is -2.32. The summed E-state index contributed by atoms with van der Waals surface area (Å²) in [7, 11) is 1.77. The van der Waals surface area contributed by atoms with Crippen LogP contribution in [0, 0.1) is 5.92 Å². The van der Waals surface area contributed by atoms with Gasteiger partial charge in [0.25, 0.3) is 0 Å². The molecule has 0 atom stereocenters. The van der Waals surface area contributed by atoms with Crippen molar-refractivity contribution in [3.05, 3.63) is 71.8 Å². The maximum absolute atomic E-state index is 13.2. The molecule has 1 aromatic heterocycles. The van der Waals surface area contributed by atoms with E-state index >= 15 is 0 Å². The van der Waals surface area contributed by atoms with Gasteiger partial charge in [0.05, 0.1) is 11.3 Å². The predicted octanol–water partition coefficient (Wildman–Crippen LogP) is 4.74. The van der Waals surface area contributed by atoms with Crippen LogP contribution in [0.5, 0.6) is 0 Å². The van der Waals surface area contributed by atoms with E-state index in [0.29, 0.717) is 31.9 Å². The summed E-state index contributed by atoms with van der Waals surface area (Å²) in [6, 6.07) is 17.1. The van der Waals surface area contributed by atoms with Gasteiger partial charge in [0.2, 0.25) is 11.9 Å². The molecule has 178 valence electrons. The SMILES string of the molecule is CNc1nc(-c2ccccc2)cc(N2CCC(C(=O)NCc3ccccc3C(F)(F)F)CC2)n1. The molecule has 0 saturated carbocycles. The number of anilines is 2. The number of amides is 1. The first-order valence-corrected chi connectivity index (χ1v) is 11.1. The number of carbonyl (C=O) groups excluding carboxylic acids is 1. The summed E-state index contributed by atoms with van der Waals surface area (Å²) in [6.45, 7) is 1.09. The minimum absolute atomic E-state index is 0.0646. The zero-order valence-electron chi connectivity index (χ0n) is 18.8. The Morgan fingerprint density at radius 1 is 1.03 bits per heavy atom. The Labute approximate surface area is 196 Å². The lowest BCUT2D eigenvalue weighted by molar-refractivity contribution is -0.138. The number of carbonyl (C=O) groups is 1. The highest BCUT2D eigenvalue weighted by molar-refractivity contribution is 5.79. The van der Waals surface area contributed by atoms with Crippen molar-refractivity contribution in [2.24, 2.45) is 5.92 Å². The van der Waals surface area contributed by atoms with E-state index in [-0.39, 0.29) is 23.9 Å². The molecular weight excluding hydrogens is 443 g/mol. The Hall–Kier alpha value is -3.62. The number of nitrogens with zero attached hydrogens (tertiary/aromatic N) is 3. The van der Waals surface area contributed by atoms with Crippen LogP contribution in [0.2, 0.25) is 0 Å². The minimum Gasteiger partial charge on any atom is -0.357 e. The van der Waals surface area contributed by atoms with Crippen LogP contribution in [0.3, 0.4) is 0 Å². The van der Waals surface area contributed by atoms with Gasteiger partial charge in [-0.2, -0.15) is 18.2 Å². The van der Waals surface area contributed by atoms with Gasteiger partial charge in [0.1, 0.15) is 5.82 Å². The van der Waals surface area contributed by atoms with Crippen molar-refractivity contribution in [3.63, 3.8) is 0 Å². The minimum atomic E-state index is -4.45. The highest BCUT2D eigenvalue weighted by atomic mass is 19.4. The molecule has 1 aliphatic heterocycles. The Balaban J connectivity index is 1.39. The first-order valence-electron chi connectivity index (χ1n) is 11.1. The standard InChI is InChI=1S/C25H26F3N5O/c1-29-24-31-21(17-7-3-2-4-8-17)15-22(32-24)33-13-11-18(12-14-33)23(34)30-16-19-9-5-6-10-20(19)25(26,27)28/h2-10,15,18H,11-14,16H2,1H3,(H,30,34)(H,29,31,32). The molecule has 2 heterocycles. The second kappa shape index (κ2) is 10.1. The lowest BCUT2D eigenvalue weighted by atomic mass is 9.95. The summed E-state index contributed by atoms with van der Waals surface area (Å²) in [5, 5.41) is 5.69. The first kappa shape index (κ1) is 23.5. The van der Waals surface area contributed by atoms with Crippen molar-refractivity contribution in [1.29, 1.82) is 0 Å². The molecular formula is C25H26F3N5O. The van der Waals surface area contributed by atoms with Crippen LogP contribution in [0.1, 0.15) is 24.0 Å². The van der Waals surface area contributed by atoms with Crippen LogP contribution in [0.25, 0.3) is 11.3 Å². The van der Waals surface area contributed by atoms with Gasteiger partial charge in [-0.3, -0.25) is 4.79 Å². The molecule has 9 heteroatoms. The van der Waals surface area contributed by atoms with Crippen molar-refractivity contribution >= 4 is 17.7 Å². The topological polar surface area (TPSA) is 70.2 Å². The fraction of sp³-hybridized carbons (Fsp3) is 0.320. The number of halogens is 3. The third-order valence-electron chi connectivity index (χ3n) is 5.97. The number of nitrogens with one attached hydrogen (secondary N) is 2. The molecule has 0 spiro atoms. The van der Waals surface area contributed by atoms with Crippen molar-refractivity contribution in [3.8, 4) is 11.3 Å². The molecule has 1 aliphatic rings. The lowest BCUT2D eigenvalue weighted by Crippen LogP contribution is -2.41.